The molecule has 4 heteroatoms. The van der Waals surface area contributed by atoms with Gasteiger partial charge in [0.25, 0.3) is 0 Å². The van der Waals surface area contributed by atoms with Crippen molar-refractivity contribution < 1.29 is 9.90 Å². The van der Waals surface area contributed by atoms with Crippen molar-refractivity contribution in [1.29, 1.82) is 0 Å². The SMILES string of the molecule is CCc1cc(Cl)ccc1C(N)=O.Oc1ccccc1. The second-order valence-electron chi connectivity index (χ2n) is 3.85. The summed E-state index contributed by atoms with van der Waals surface area (Å²) in [6, 6.07) is 13.8. The van der Waals surface area contributed by atoms with Crippen LogP contribution in [0.5, 0.6) is 5.75 Å². The summed E-state index contributed by atoms with van der Waals surface area (Å²) in [4.78, 5) is 10.9. The van der Waals surface area contributed by atoms with Crippen molar-refractivity contribution in [3.8, 4) is 5.75 Å². The van der Waals surface area contributed by atoms with Crippen LogP contribution in [0.1, 0.15) is 22.8 Å². The smallest absolute Gasteiger partial charge is 0.248 e. The van der Waals surface area contributed by atoms with Crippen LogP contribution >= 0.6 is 11.6 Å². The average molecular weight is 278 g/mol. The van der Waals surface area contributed by atoms with Crippen molar-refractivity contribution in [3.63, 3.8) is 0 Å². The molecule has 3 nitrogen and oxygen atoms in total. The molecule has 2 aromatic rings. The van der Waals surface area contributed by atoms with Gasteiger partial charge in [0.15, 0.2) is 0 Å². The van der Waals surface area contributed by atoms with E-state index < -0.39 is 5.91 Å². The van der Waals surface area contributed by atoms with Crippen molar-refractivity contribution in [3.05, 3.63) is 64.7 Å². The highest BCUT2D eigenvalue weighted by Gasteiger charge is 2.05. The van der Waals surface area contributed by atoms with Gasteiger partial charge < -0.3 is 10.8 Å². The lowest BCUT2D eigenvalue weighted by Crippen LogP contribution is -2.13. The van der Waals surface area contributed by atoms with Gasteiger partial charge in [0, 0.05) is 10.6 Å². The maximum absolute atomic E-state index is 10.9. The van der Waals surface area contributed by atoms with Crippen LogP contribution in [0, 0.1) is 0 Å². The van der Waals surface area contributed by atoms with Crippen LogP contribution in [0.4, 0.5) is 0 Å². The molecule has 0 fully saturated rings. The summed E-state index contributed by atoms with van der Waals surface area (Å²) in [5.41, 5.74) is 6.61. The molecule has 0 spiro atoms. The molecule has 1 amide bonds. The van der Waals surface area contributed by atoms with E-state index in [2.05, 4.69) is 0 Å². The highest BCUT2D eigenvalue weighted by molar-refractivity contribution is 6.30. The van der Waals surface area contributed by atoms with Crippen molar-refractivity contribution >= 4 is 17.5 Å². The minimum Gasteiger partial charge on any atom is -0.508 e. The number of phenols is 1. The zero-order chi connectivity index (χ0) is 14.3. The summed E-state index contributed by atoms with van der Waals surface area (Å²) in [5, 5.41) is 9.27. The van der Waals surface area contributed by atoms with Crippen LogP contribution < -0.4 is 5.73 Å². The number of carbonyl (C=O) groups excluding carboxylic acids is 1. The number of rotatable bonds is 2. The van der Waals surface area contributed by atoms with E-state index >= 15 is 0 Å². The van der Waals surface area contributed by atoms with Crippen LogP contribution in [-0.2, 0) is 6.42 Å². The Morgan fingerprint density at radius 2 is 1.84 bits per heavy atom. The molecule has 100 valence electrons. The van der Waals surface area contributed by atoms with Gasteiger partial charge in [-0.3, -0.25) is 4.79 Å². The zero-order valence-corrected chi connectivity index (χ0v) is 11.4. The molecule has 0 aliphatic rings. The predicted molar refractivity (Wildman–Crippen MR) is 77.5 cm³/mol. The summed E-state index contributed by atoms with van der Waals surface area (Å²) in [7, 11) is 0. The van der Waals surface area contributed by atoms with Gasteiger partial charge in [0.05, 0.1) is 0 Å². The molecule has 2 rings (SSSR count). The molecular weight excluding hydrogens is 262 g/mol. The highest BCUT2D eigenvalue weighted by atomic mass is 35.5. The van der Waals surface area contributed by atoms with E-state index in [4.69, 9.17) is 22.4 Å². The molecule has 3 N–H and O–H groups in total. The van der Waals surface area contributed by atoms with Crippen LogP contribution in [0.3, 0.4) is 0 Å². The average Bonchev–Trinajstić information content (AvgIpc) is 2.39. The standard InChI is InChI=1S/C9H10ClNO.C6H6O/c1-2-6-5-7(10)3-4-8(6)9(11)12;7-6-4-2-1-3-5-6/h3-5H,2H2,1H3,(H2,11,12);1-5,7H. The number of primary amides is 1. The Kier molecular flexibility index (Phi) is 5.90. The Bertz CT molecular complexity index is 541. The summed E-state index contributed by atoms with van der Waals surface area (Å²) in [6.45, 7) is 1.96. The molecule has 0 radical (unpaired) electrons. The minimum absolute atomic E-state index is 0.322. The van der Waals surface area contributed by atoms with E-state index in [-0.39, 0.29) is 0 Å². The van der Waals surface area contributed by atoms with Crippen LogP contribution in [0.15, 0.2) is 48.5 Å². The van der Waals surface area contributed by atoms with Gasteiger partial charge in [-0.05, 0) is 42.3 Å². The number of carbonyl (C=O) groups is 1. The summed E-state index contributed by atoms with van der Waals surface area (Å²) >= 11 is 5.75. The van der Waals surface area contributed by atoms with Gasteiger partial charge in [-0.2, -0.15) is 0 Å². The fraction of sp³-hybridized carbons (Fsp3) is 0.133. The Labute approximate surface area is 117 Å². The van der Waals surface area contributed by atoms with E-state index in [1.54, 1.807) is 42.5 Å². The van der Waals surface area contributed by atoms with Crippen LogP contribution in [0.2, 0.25) is 5.02 Å². The maximum Gasteiger partial charge on any atom is 0.248 e. The van der Waals surface area contributed by atoms with E-state index in [1.165, 1.54) is 0 Å². The van der Waals surface area contributed by atoms with Crippen LogP contribution in [-0.4, -0.2) is 11.0 Å². The van der Waals surface area contributed by atoms with Crippen LogP contribution in [0.25, 0.3) is 0 Å². The van der Waals surface area contributed by atoms with Gasteiger partial charge in [0.1, 0.15) is 5.75 Å². The minimum atomic E-state index is -0.400. The van der Waals surface area contributed by atoms with E-state index in [1.807, 2.05) is 13.0 Å². The third-order valence-electron chi connectivity index (χ3n) is 2.47. The lowest BCUT2D eigenvalue weighted by Gasteiger charge is -2.03. The number of amides is 1. The fourth-order valence-electron chi connectivity index (χ4n) is 1.52. The lowest BCUT2D eigenvalue weighted by atomic mass is 10.1. The summed E-state index contributed by atoms with van der Waals surface area (Å²) in [6.07, 6.45) is 0.763. The summed E-state index contributed by atoms with van der Waals surface area (Å²) in [5.74, 6) is -0.0778. The van der Waals surface area contributed by atoms with Gasteiger partial charge in [-0.1, -0.05) is 36.7 Å². The number of benzene rings is 2. The molecule has 0 atom stereocenters. The fourth-order valence-corrected chi connectivity index (χ4v) is 1.72. The monoisotopic (exact) mass is 277 g/mol. The molecule has 2 aromatic carbocycles. The number of hydrogen-bond acceptors (Lipinski definition) is 2. The molecule has 0 aromatic heterocycles. The van der Waals surface area contributed by atoms with Crippen molar-refractivity contribution in [2.45, 2.75) is 13.3 Å². The third kappa shape index (κ3) is 5.02. The molecular formula is C15H16ClNO2. The number of halogens is 1. The number of phenolic OH excluding ortho intramolecular Hbond substituents is 1. The highest BCUT2D eigenvalue weighted by Crippen LogP contribution is 2.16. The molecule has 0 saturated heterocycles. The number of nitrogens with two attached hydrogens (primary N) is 1. The van der Waals surface area contributed by atoms with Gasteiger partial charge in [0.2, 0.25) is 5.91 Å². The van der Waals surface area contributed by atoms with E-state index in [0.29, 0.717) is 16.3 Å². The first kappa shape index (κ1) is 15.1. The molecule has 0 bridgehead atoms. The third-order valence-corrected chi connectivity index (χ3v) is 2.70. The van der Waals surface area contributed by atoms with Gasteiger partial charge in [-0.25, -0.2) is 0 Å². The molecule has 0 aliphatic heterocycles. The van der Waals surface area contributed by atoms with Crippen molar-refractivity contribution in [2.24, 2.45) is 5.73 Å². The van der Waals surface area contributed by atoms with Gasteiger partial charge >= 0.3 is 0 Å². The second-order valence-corrected chi connectivity index (χ2v) is 4.29. The topological polar surface area (TPSA) is 63.3 Å². The first-order chi connectivity index (χ1) is 9.04. The largest absolute Gasteiger partial charge is 0.508 e. The normalized spacial score (nSPS) is 9.37. The number of aromatic hydroxyl groups is 1. The number of para-hydroxylation sites is 1. The Balaban J connectivity index is 0.000000218. The molecule has 0 saturated carbocycles. The first-order valence-corrected chi connectivity index (χ1v) is 6.24. The van der Waals surface area contributed by atoms with Crippen molar-refractivity contribution in [2.75, 3.05) is 0 Å². The van der Waals surface area contributed by atoms with Crippen molar-refractivity contribution in [1.82, 2.24) is 0 Å². The predicted octanol–water partition coefficient (Wildman–Crippen LogP) is 3.39. The van der Waals surface area contributed by atoms with Gasteiger partial charge in [-0.15, -0.1) is 0 Å². The number of aryl methyl sites for hydroxylation is 1. The zero-order valence-electron chi connectivity index (χ0n) is 10.6. The Morgan fingerprint density at radius 3 is 2.26 bits per heavy atom. The Hall–Kier alpha value is -2.00. The number of hydrogen-bond donors (Lipinski definition) is 2. The van der Waals surface area contributed by atoms with E-state index in [0.717, 1.165) is 12.0 Å². The lowest BCUT2D eigenvalue weighted by molar-refractivity contribution is 0.0999. The Morgan fingerprint density at radius 1 is 1.21 bits per heavy atom. The first-order valence-electron chi connectivity index (χ1n) is 5.86. The molecule has 19 heavy (non-hydrogen) atoms. The van der Waals surface area contributed by atoms with E-state index in [9.17, 15) is 4.79 Å². The maximum atomic E-state index is 10.9. The molecule has 0 unspecified atom stereocenters. The second kappa shape index (κ2) is 7.44. The summed E-state index contributed by atoms with van der Waals surface area (Å²) < 4.78 is 0. The molecule has 0 heterocycles. The quantitative estimate of drug-likeness (QED) is 0.884. The molecule has 0 aliphatic carbocycles.